The Morgan fingerprint density at radius 1 is 1.27 bits per heavy atom. The van der Waals surface area contributed by atoms with Crippen molar-refractivity contribution in [2.45, 2.75) is 12.1 Å². The number of methoxy groups -OCH3 is 1. The van der Waals surface area contributed by atoms with E-state index in [9.17, 15) is 9.59 Å². The molecule has 134 valence electrons. The first kappa shape index (κ1) is 18.2. The molecule has 2 aromatic heterocycles. The number of esters is 1. The zero-order chi connectivity index (χ0) is 18.5. The number of amides is 1. The minimum atomic E-state index is -0.470. The van der Waals surface area contributed by atoms with Gasteiger partial charge in [0.25, 0.3) is 0 Å². The van der Waals surface area contributed by atoms with Gasteiger partial charge in [0.2, 0.25) is 5.91 Å². The van der Waals surface area contributed by atoms with Crippen LogP contribution in [0, 0.1) is 6.92 Å². The molecule has 0 aliphatic carbocycles. The summed E-state index contributed by atoms with van der Waals surface area (Å²) in [6.45, 7) is 2.02. The van der Waals surface area contributed by atoms with Gasteiger partial charge in [-0.05, 0) is 30.5 Å². The van der Waals surface area contributed by atoms with Crippen LogP contribution in [0.25, 0.3) is 5.69 Å². The molecule has 3 rings (SSSR count). The second-order valence-electron chi connectivity index (χ2n) is 5.31. The summed E-state index contributed by atoms with van der Waals surface area (Å²) in [5.41, 5.74) is 2.54. The quantitative estimate of drug-likeness (QED) is 0.516. The van der Waals surface area contributed by atoms with Crippen LogP contribution in [0.1, 0.15) is 15.2 Å². The third-order valence-electron chi connectivity index (χ3n) is 3.47. The Hall–Kier alpha value is -2.65. The van der Waals surface area contributed by atoms with Crippen LogP contribution >= 0.6 is 23.1 Å². The molecule has 26 heavy (non-hydrogen) atoms. The molecule has 0 saturated heterocycles. The largest absolute Gasteiger partial charge is 0.465 e. The number of aryl methyl sites for hydroxylation is 1. The van der Waals surface area contributed by atoms with Gasteiger partial charge in [0.05, 0.1) is 18.6 Å². The monoisotopic (exact) mass is 388 g/mol. The average molecular weight is 388 g/mol. The van der Waals surface area contributed by atoms with Crippen molar-refractivity contribution in [2.75, 3.05) is 18.2 Å². The van der Waals surface area contributed by atoms with Crippen LogP contribution in [0.4, 0.5) is 5.69 Å². The first-order valence-corrected chi connectivity index (χ1v) is 9.50. The zero-order valence-electron chi connectivity index (χ0n) is 14.1. The maximum atomic E-state index is 12.2. The SMILES string of the molecule is COC(=O)c1sccc1NC(=O)CSc1nncn1-c1ccc(C)cc1. The molecule has 0 unspecified atom stereocenters. The molecule has 0 fully saturated rings. The number of carbonyl (C=O) groups is 2. The summed E-state index contributed by atoms with van der Waals surface area (Å²) in [4.78, 5) is 24.3. The summed E-state index contributed by atoms with van der Waals surface area (Å²) in [5.74, 6) is -0.569. The predicted molar refractivity (Wildman–Crippen MR) is 101 cm³/mol. The number of benzene rings is 1. The summed E-state index contributed by atoms with van der Waals surface area (Å²) < 4.78 is 6.52. The molecule has 1 aromatic carbocycles. The van der Waals surface area contributed by atoms with Gasteiger partial charge in [-0.15, -0.1) is 21.5 Å². The number of carbonyl (C=O) groups excluding carboxylic acids is 2. The van der Waals surface area contributed by atoms with Crippen LogP contribution in [-0.2, 0) is 9.53 Å². The number of hydrogen-bond donors (Lipinski definition) is 1. The molecule has 0 spiro atoms. The van der Waals surface area contributed by atoms with E-state index < -0.39 is 5.97 Å². The van der Waals surface area contributed by atoms with Crippen LogP contribution in [0.5, 0.6) is 0 Å². The smallest absolute Gasteiger partial charge is 0.350 e. The Kier molecular flexibility index (Phi) is 5.69. The minimum absolute atomic E-state index is 0.140. The van der Waals surface area contributed by atoms with Crippen LogP contribution in [0.3, 0.4) is 0 Å². The average Bonchev–Trinajstić information content (AvgIpc) is 3.29. The molecule has 9 heteroatoms. The molecule has 1 N–H and O–H groups in total. The molecule has 0 aliphatic rings. The number of aromatic nitrogens is 3. The van der Waals surface area contributed by atoms with Gasteiger partial charge in [-0.3, -0.25) is 9.36 Å². The summed E-state index contributed by atoms with van der Waals surface area (Å²) in [6, 6.07) is 9.62. The van der Waals surface area contributed by atoms with Crippen LogP contribution < -0.4 is 5.32 Å². The fourth-order valence-corrected chi connectivity index (χ4v) is 3.67. The number of hydrogen-bond acceptors (Lipinski definition) is 7. The van der Waals surface area contributed by atoms with Gasteiger partial charge in [0.1, 0.15) is 11.2 Å². The Morgan fingerprint density at radius 2 is 2.04 bits per heavy atom. The summed E-state index contributed by atoms with van der Waals surface area (Å²) >= 11 is 2.49. The second-order valence-corrected chi connectivity index (χ2v) is 7.17. The Labute approximate surface area is 158 Å². The van der Waals surface area contributed by atoms with E-state index in [1.807, 2.05) is 35.8 Å². The number of nitrogens with zero attached hydrogens (tertiary/aromatic N) is 3. The van der Waals surface area contributed by atoms with Crippen LogP contribution in [-0.4, -0.2) is 39.5 Å². The molecule has 0 aliphatic heterocycles. The lowest BCUT2D eigenvalue weighted by Gasteiger charge is -2.07. The van der Waals surface area contributed by atoms with E-state index in [0.29, 0.717) is 15.7 Å². The highest BCUT2D eigenvalue weighted by atomic mass is 32.2. The summed E-state index contributed by atoms with van der Waals surface area (Å²) in [7, 11) is 1.31. The first-order chi connectivity index (χ1) is 12.6. The minimum Gasteiger partial charge on any atom is -0.465 e. The Balaban J connectivity index is 1.64. The number of rotatable bonds is 6. The number of thioether (sulfide) groups is 1. The number of thiophene rings is 1. The molecule has 0 saturated carbocycles. The van der Waals surface area contributed by atoms with E-state index in [1.165, 1.54) is 30.2 Å². The predicted octanol–water partition coefficient (Wildman–Crippen LogP) is 3.15. The van der Waals surface area contributed by atoms with Gasteiger partial charge in [-0.1, -0.05) is 29.5 Å². The second kappa shape index (κ2) is 8.15. The Bertz CT molecular complexity index is 918. The van der Waals surface area contributed by atoms with Crippen LogP contribution in [0.15, 0.2) is 47.2 Å². The summed E-state index contributed by atoms with van der Waals surface area (Å²) in [6.07, 6.45) is 1.61. The van der Waals surface area contributed by atoms with Crippen molar-refractivity contribution < 1.29 is 14.3 Å². The van der Waals surface area contributed by atoms with Crippen molar-refractivity contribution >= 4 is 40.7 Å². The number of ether oxygens (including phenoxy) is 1. The highest BCUT2D eigenvalue weighted by Gasteiger charge is 2.16. The molecule has 2 heterocycles. The molecule has 0 bridgehead atoms. The van der Waals surface area contributed by atoms with Crippen molar-refractivity contribution in [3.05, 3.63) is 52.5 Å². The van der Waals surface area contributed by atoms with E-state index in [2.05, 4.69) is 15.5 Å². The first-order valence-electron chi connectivity index (χ1n) is 7.64. The van der Waals surface area contributed by atoms with Gasteiger partial charge < -0.3 is 10.1 Å². The Morgan fingerprint density at radius 3 is 2.77 bits per heavy atom. The van der Waals surface area contributed by atoms with Gasteiger partial charge in [0, 0.05) is 5.69 Å². The fourth-order valence-electron chi connectivity index (χ4n) is 2.18. The van der Waals surface area contributed by atoms with Gasteiger partial charge >= 0.3 is 5.97 Å². The van der Waals surface area contributed by atoms with Crippen molar-refractivity contribution in [3.8, 4) is 5.69 Å². The zero-order valence-corrected chi connectivity index (χ0v) is 15.8. The van der Waals surface area contributed by atoms with E-state index >= 15 is 0 Å². The van der Waals surface area contributed by atoms with E-state index in [4.69, 9.17) is 4.74 Å². The summed E-state index contributed by atoms with van der Waals surface area (Å²) in [5, 5.41) is 13.1. The number of nitrogens with one attached hydrogen (secondary N) is 1. The molecule has 0 radical (unpaired) electrons. The van der Waals surface area contributed by atoms with E-state index in [0.717, 1.165) is 11.3 Å². The lowest BCUT2D eigenvalue weighted by molar-refractivity contribution is -0.113. The normalized spacial score (nSPS) is 10.5. The highest BCUT2D eigenvalue weighted by molar-refractivity contribution is 7.99. The van der Waals surface area contributed by atoms with E-state index in [-0.39, 0.29) is 11.7 Å². The van der Waals surface area contributed by atoms with Crippen molar-refractivity contribution in [1.29, 1.82) is 0 Å². The van der Waals surface area contributed by atoms with Crippen molar-refractivity contribution in [3.63, 3.8) is 0 Å². The maximum absolute atomic E-state index is 12.2. The van der Waals surface area contributed by atoms with Gasteiger partial charge in [-0.25, -0.2) is 4.79 Å². The van der Waals surface area contributed by atoms with E-state index in [1.54, 1.807) is 17.8 Å². The molecule has 0 atom stereocenters. The standard InChI is InChI=1S/C17H16N4O3S2/c1-11-3-5-12(6-4-11)21-10-18-20-17(21)26-9-14(22)19-13-7-8-25-15(13)16(23)24-2/h3-8,10H,9H2,1-2H3,(H,19,22). The third-order valence-corrected chi connectivity index (χ3v) is 5.31. The van der Waals surface area contributed by atoms with Crippen LogP contribution in [0.2, 0.25) is 0 Å². The molecule has 1 amide bonds. The molecule has 7 nitrogen and oxygen atoms in total. The third kappa shape index (κ3) is 4.12. The topological polar surface area (TPSA) is 86.1 Å². The van der Waals surface area contributed by atoms with Gasteiger partial charge in [0.15, 0.2) is 5.16 Å². The molecule has 3 aromatic rings. The lowest BCUT2D eigenvalue weighted by Crippen LogP contribution is -2.16. The molecular weight excluding hydrogens is 372 g/mol. The van der Waals surface area contributed by atoms with Crippen molar-refractivity contribution in [2.24, 2.45) is 0 Å². The fraction of sp³-hybridized carbons (Fsp3) is 0.176. The molecular formula is C17H16N4O3S2. The number of anilines is 1. The van der Waals surface area contributed by atoms with Crippen molar-refractivity contribution in [1.82, 2.24) is 14.8 Å². The highest BCUT2D eigenvalue weighted by Crippen LogP contribution is 2.24. The van der Waals surface area contributed by atoms with Gasteiger partial charge in [-0.2, -0.15) is 0 Å². The lowest BCUT2D eigenvalue weighted by atomic mass is 10.2. The maximum Gasteiger partial charge on any atom is 0.350 e.